The molecule has 2 aliphatic rings. The first-order chi connectivity index (χ1) is 16.8. The van der Waals surface area contributed by atoms with Gasteiger partial charge in [-0.2, -0.15) is 0 Å². The number of hydrogen-bond donors (Lipinski definition) is 1. The van der Waals surface area contributed by atoms with Crippen molar-refractivity contribution < 1.29 is 18.8 Å². The molecule has 35 heavy (non-hydrogen) atoms. The minimum Gasteiger partial charge on any atom is -0.369 e. The lowest BCUT2D eigenvalue weighted by Crippen LogP contribution is -2.46. The molecule has 7 nitrogen and oxygen atoms in total. The lowest BCUT2D eigenvalue weighted by atomic mass is 10.0. The number of carbonyl (C=O) groups is 3. The minimum absolute atomic E-state index is 0.163. The van der Waals surface area contributed by atoms with Gasteiger partial charge in [0.1, 0.15) is 5.82 Å². The van der Waals surface area contributed by atoms with Crippen LogP contribution in [0.25, 0.3) is 0 Å². The molecule has 1 atom stereocenters. The molecule has 1 N–H and O–H groups in total. The molecular weight excluding hydrogens is 447 g/mol. The quantitative estimate of drug-likeness (QED) is 0.586. The number of anilines is 1. The van der Waals surface area contributed by atoms with Gasteiger partial charge in [0, 0.05) is 50.4 Å². The number of piperazine rings is 1. The molecule has 0 aromatic heterocycles. The van der Waals surface area contributed by atoms with Gasteiger partial charge in [-0.05, 0) is 57.1 Å². The molecule has 1 saturated heterocycles. The third-order valence-corrected chi connectivity index (χ3v) is 6.91. The summed E-state index contributed by atoms with van der Waals surface area (Å²) < 4.78 is 14.1. The smallest absolute Gasteiger partial charge is 0.261 e. The molecule has 8 heteroatoms. The molecule has 0 spiro atoms. The van der Waals surface area contributed by atoms with Crippen LogP contribution in [0.15, 0.2) is 36.4 Å². The fourth-order valence-corrected chi connectivity index (χ4v) is 4.86. The van der Waals surface area contributed by atoms with Crippen LogP contribution in [0.3, 0.4) is 0 Å². The highest BCUT2D eigenvalue weighted by Crippen LogP contribution is 2.29. The van der Waals surface area contributed by atoms with E-state index in [9.17, 15) is 18.8 Å². The summed E-state index contributed by atoms with van der Waals surface area (Å²) in [4.78, 5) is 43.7. The highest BCUT2D eigenvalue weighted by Gasteiger charge is 2.35. The van der Waals surface area contributed by atoms with Gasteiger partial charge < -0.3 is 15.1 Å². The second-order valence-electron chi connectivity index (χ2n) is 9.33. The van der Waals surface area contributed by atoms with Crippen molar-refractivity contribution in [1.29, 1.82) is 0 Å². The first kappa shape index (κ1) is 24.9. The number of hydrogen-bond acceptors (Lipinski definition) is 5. The van der Waals surface area contributed by atoms with E-state index >= 15 is 0 Å². The maximum atomic E-state index is 14.1. The third-order valence-electron chi connectivity index (χ3n) is 6.91. The molecule has 2 aromatic rings. The maximum Gasteiger partial charge on any atom is 0.261 e. The number of nitrogens with zero attached hydrogens (tertiary/aromatic N) is 3. The molecule has 3 amide bonds. The lowest BCUT2D eigenvalue weighted by molar-refractivity contribution is -0.121. The number of fused-ring (bicyclic) bond motifs is 1. The van der Waals surface area contributed by atoms with Gasteiger partial charge in [-0.25, -0.2) is 4.39 Å². The molecule has 2 heterocycles. The van der Waals surface area contributed by atoms with Crippen LogP contribution in [0, 0.1) is 12.7 Å². The Morgan fingerprint density at radius 2 is 1.74 bits per heavy atom. The summed E-state index contributed by atoms with van der Waals surface area (Å²) in [6.45, 7) is 10.7. The van der Waals surface area contributed by atoms with Crippen molar-refractivity contribution in [3.63, 3.8) is 0 Å². The average Bonchev–Trinajstić information content (AvgIpc) is 3.08. The fraction of sp³-hybridized carbons (Fsp3) is 0.444. The first-order valence-electron chi connectivity index (χ1n) is 12.3. The maximum absolute atomic E-state index is 14.1. The Bertz CT molecular complexity index is 1130. The van der Waals surface area contributed by atoms with E-state index in [1.54, 1.807) is 18.2 Å². The van der Waals surface area contributed by atoms with E-state index in [0.717, 1.165) is 49.5 Å². The zero-order chi connectivity index (χ0) is 25.1. The Kier molecular flexibility index (Phi) is 7.50. The Hall–Kier alpha value is -3.26. The van der Waals surface area contributed by atoms with E-state index in [-0.39, 0.29) is 42.5 Å². The zero-order valence-corrected chi connectivity index (χ0v) is 20.6. The second kappa shape index (κ2) is 10.6. The summed E-state index contributed by atoms with van der Waals surface area (Å²) in [6, 6.07) is 9.59. The number of imide groups is 1. The van der Waals surface area contributed by atoms with Gasteiger partial charge in [-0.1, -0.05) is 18.6 Å². The van der Waals surface area contributed by atoms with Crippen LogP contribution >= 0.6 is 0 Å². The summed E-state index contributed by atoms with van der Waals surface area (Å²) in [7, 11) is 0. The van der Waals surface area contributed by atoms with E-state index in [2.05, 4.69) is 22.0 Å². The molecule has 1 unspecified atom stereocenters. The third kappa shape index (κ3) is 5.37. The van der Waals surface area contributed by atoms with Crippen LogP contribution in [0.2, 0.25) is 0 Å². The highest BCUT2D eigenvalue weighted by atomic mass is 19.1. The van der Waals surface area contributed by atoms with Crippen LogP contribution in [-0.4, -0.2) is 66.8 Å². The Morgan fingerprint density at radius 1 is 1.03 bits per heavy atom. The van der Waals surface area contributed by atoms with Crippen LogP contribution in [0.4, 0.5) is 10.1 Å². The van der Waals surface area contributed by atoms with E-state index in [1.165, 1.54) is 17.0 Å². The number of halogens is 1. The molecular formula is C27H33FN4O3. The van der Waals surface area contributed by atoms with E-state index in [4.69, 9.17) is 0 Å². The molecule has 0 radical (unpaired) electrons. The normalized spacial score (nSPS) is 17.0. The minimum atomic E-state index is -0.375. The predicted octanol–water partition coefficient (Wildman–Crippen LogP) is 3.53. The molecule has 1 fully saturated rings. The SMILES string of the molecule is CCN1CCN(c2ccc(F)cc2C(C)NC(=O)CCCN2C(=O)c3ccc(C)cc3C2=O)CC1. The van der Waals surface area contributed by atoms with E-state index in [1.807, 2.05) is 19.9 Å². The number of nitrogens with one attached hydrogen (secondary N) is 1. The Balaban J connectivity index is 1.33. The highest BCUT2D eigenvalue weighted by molar-refractivity contribution is 6.21. The van der Waals surface area contributed by atoms with Gasteiger partial charge in [0.15, 0.2) is 0 Å². The van der Waals surface area contributed by atoms with Gasteiger partial charge in [0.2, 0.25) is 5.91 Å². The molecule has 186 valence electrons. The fourth-order valence-electron chi connectivity index (χ4n) is 4.86. The van der Waals surface area contributed by atoms with Crippen molar-refractivity contribution >= 4 is 23.4 Å². The topological polar surface area (TPSA) is 73.0 Å². The average molecular weight is 481 g/mol. The van der Waals surface area contributed by atoms with Gasteiger partial charge in [-0.3, -0.25) is 19.3 Å². The molecule has 4 rings (SSSR count). The van der Waals surface area contributed by atoms with Gasteiger partial charge >= 0.3 is 0 Å². The largest absolute Gasteiger partial charge is 0.369 e. The predicted molar refractivity (Wildman–Crippen MR) is 133 cm³/mol. The van der Waals surface area contributed by atoms with Gasteiger partial charge in [0.05, 0.1) is 17.2 Å². The molecule has 2 aromatic carbocycles. The summed E-state index contributed by atoms with van der Waals surface area (Å²) >= 11 is 0. The zero-order valence-electron chi connectivity index (χ0n) is 20.6. The summed E-state index contributed by atoms with van der Waals surface area (Å²) in [6.07, 6.45) is 0.522. The lowest BCUT2D eigenvalue weighted by Gasteiger charge is -2.37. The van der Waals surface area contributed by atoms with Crippen LogP contribution in [-0.2, 0) is 4.79 Å². The number of amides is 3. The van der Waals surface area contributed by atoms with Gasteiger partial charge in [0.25, 0.3) is 11.8 Å². The van der Waals surface area contributed by atoms with E-state index in [0.29, 0.717) is 17.5 Å². The number of likely N-dealkylation sites (N-methyl/N-ethyl adjacent to an activating group) is 1. The van der Waals surface area contributed by atoms with Crippen molar-refractivity contribution in [3.8, 4) is 0 Å². The molecule has 0 bridgehead atoms. The van der Waals surface area contributed by atoms with Crippen molar-refractivity contribution in [3.05, 3.63) is 64.5 Å². The standard InChI is InChI=1S/C27H33FN4O3/c1-4-30-12-14-31(15-13-30)24-10-8-20(28)17-22(24)19(3)29-25(33)6-5-11-32-26(34)21-9-7-18(2)16-23(21)27(32)35/h7-10,16-17,19H,4-6,11-15H2,1-3H3,(H,29,33). The molecule has 0 aliphatic carbocycles. The van der Waals surface area contributed by atoms with Crippen molar-refractivity contribution in [1.82, 2.24) is 15.1 Å². The van der Waals surface area contributed by atoms with E-state index < -0.39 is 0 Å². The van der Waals surface area contributed by atoms with Crippen LogP contribution in [0.1, 0.15) is 64.6 Å². The molecule has 2 aliphatic heterocycles. The molecule has 0 saturated carbocycles. The summed E-state index contributed by atoms with van der Waals surface area (Å²) in [5.74, 6) is -1.16. The van der Waals surface area contributed by atoms with Gasteiger partial charge in [-0.15, -0.1) is 0 Å². The summed E-state index contributed by atoms with van der Waals surface area (Å²) in [5.41, 5.74) is 3.45. The number of aryl methyl sites for hydroxylation is 1. The summed E-state index contributed by atoms with van der Waals surface area (Å²) in [5, 5.41) is 2.96. The van der Waals surface area contributed by atoms with Crippen molar-refractivity contribution in [2.75, 3.05) is 44.2 Å². The number of benzene rings is 2. The monoisotopic (exact) mass is 480 g/mol. The van der Waals surface area contributed by atoms with Crippen molar-refractivity contribution in [2.45, 2.75) is 39.7 Å². The number of rotatable bonds is 8. The van der Waals surface area contributed by atoms with Crippen LogP contribution < -0.4 is 10.2 Å². The Morgan fingerprint density at radius 3 is 2.46 bits per heavy atom. The second-order valence-corrected chi connectivity index (χ2v) is 9.33. The first-order valence-corrected chi connectivity index (χ1v) is 12.3. The Labute approximate surface area is 205 Å². The number of carbonyl (C=O) groups excluding carboxylic acids is 3. The van der Waals surface area contributed by atoms with Crippen LogP contribution in [0.5, 0.6) is 0 Å². The van der Waals surface area contributed by atoms with Crippen molar-refractivity contribution in [2.24, 2.45) is 0 Å².